The maximum Gasteiger partial charge on any atom is 0.131 e. The van der Waals surface area contributed by atoms with Crippen molar-refractivity contribution in [2.24, 2.45) is 10.9 Å². The molecule has 12 heavy (non-hydrogen) atoms. The number of hydrogen-bond donors (Lipinski definition) is 2. The summed E-state index contributed by atoms with van der Waals surface area (Å²) in [4.78, 5) is 14.1. The van der Waals surface area contributed by atoms with Crippen molar-refractivity contribution in [3.63, 3.8) is 0 Å². The molecule has 4 nitrogen and oxygen atoms in total. The SMILES string of the molecule is CCN=CNC(=N)C(C=O)CCl. The first-order valence-electron chi connectivity index (χ1n) is 3.60. The number of amidine groups is 1. The Morgan fingerprint density at radius 3 is 2.92 bits per heavy atom. The van der Waals surface area contributed by atoms with Crippen molar-refractivity contribution in [1.82, 2.24) is 5.32 Å². The van der Waals surface area contributed by atoms with Crippen molar-refractivity contribution >= 4 is 30.1 Å². The van der Waals surface area contributed by atoms with Gasteiger partial charge >= 0.3 is 0 Å². The van der Waals surface area contributed by atoms with Crippen LogP contribution in [0.15, 0.2) is 4.99 Å². The molecule has 0 radical (unpaired) electrons. The van der Waals surface area contributed by atoms with E-state index in [2.05, 4.69) is 10.3 Å². The fraction of sp³-hybridized carbons (Fsp3) is 0.571. The van der Waals surface area contributed by atoms with Crippen LogP contribution in [0.4, 0.5) is 0 Å². The molecule has 0 heterocycles. The molecule has 0 bridgehead atoms. The van der Waals surface area contributed by atoms with Crippen LogP contribution in [0.5, 0.6) is 0 Å². The van der Waals surface area contributed by atoms with Gasteiger partial charge in [0.2, 0.25) is 0 Å². The summed E-state index contributed by atoms with van der Waals surface area (Å²) in [5, 5.41) is 9.87. The molecule has 0 saturated heterocycles. The highest BCUT2D eigenvalue weighted by atomic mass is 35.5. The summed E-state index contributed by atoms with van der Waals surface area (Å²) in [6, 6.07) is 0. The minimum absolute atomic E-state index is 0.0807. The Balaban J connectivity index is 3.84. The Morgan fingerprint density at radius 1 is 1.83 bits per heavy atom. The molecule has 0 aromatic heterocycles. The highest BCUT2D eigenvalue weighted by molar-refractivity contribution is 6.21. The monoisotopic (exact) mass is 189 g/mol. The zero-order valence-electron chi connectivity index (χ0n) is 6.88. The highest BCUT2D eigenvalue weighted by Crippen LogP contribution is 1.94. The first kappa shape index (κ1) is 11.1. The summed E-state index contributed by atoms with van der Waals surface area (Å²) in [5.41, 5.74) is 0. The maximum absolute atomic E-state index is 10.3. The van der Waals surface area contributed by atoms with Gasteiger partial charge in [-0.1, -0.05) is 0 Å². The molecule has 0 aliphatic heterocycles. The van der Waals surface area contributed by atoms with Crippen LogP contribution < -0.4 is 5.32 Å². The standard InChI is InChI=1S/C7H12ClN3O/c1-2-10-5-11-7(9)6(3-8)4-12/h4-6H,2-3H2,1H3,(H2,9,10,11). The summed E-state index contributed by atoms with van der Waals surface area (Å²) >= 11 is 5.42. The predicted molar refractivity (Wildman–Crippen MR) is 50.2 cm³/mol. The third-order valence-electron chi connectivity index (χ3n) is 1.20. The van der Waals surface area contributed by atoms with Crippen LogP contribution >= 0.6 is 11.6 Å². The third-order valence-corrected chi connectivity index (χ3v) is 1.53. The van der Waals surface area contributed by atoms with Crippen LogP contribution in [-0.2, 0) is 4.79 Å². The molecule has 2 N–H and O–H groups in total. The van der Waals surface area contributed by atoms with Crippen molar-refractivity contribution < 1.29 is 4.79 Å². The van der Waals surface area contributed by atoms with E-state index in [1.165, 1.54) is 6.34 Å². The Bertz CT molecular complexity index is 181. The number of alkyl halides is 1. The normalized spacial score (nSPS) is 12.8. The predicted octanol–water partition coefficient (Wildman–Crippen LogP) is 0.655. The second kappa shape index (κ2) is 6.79. The number of nitrogens with zero attached hydrogens (tertiary/aromatic N) is 1. The molecule has 0 aliphatic rings. The first-order chi connectivity index (χ1) is 5.76. The van der Waals surface area contributed by atoms with Gasteiger partial charge in [-0.25, -0.2) is 0 Å². The van der Waals surface area contributed by atoms with Crippen molar-refractivity contribution in [3.05, 3.63) is 0 Å². The molecule has 1 atom stereocenters. The van der Waals surface area contributed by atoms with E-state index in [0.29, 0.717) is 12.8 Å². The third kappa shape index (κ3) is 4.08. The number of aliphatic imine (C=N–C) groups is 1. The van der Waals surface area contributed by atoms with E-state index in [9.17, 15) is 4.79 Å². The molecule has 0 fully saturated rings. The number of nitrogens with one attached hydrogen (secondary N) is 2. The summed E-state index contributed by atoms with van der Waals surface area (Å²) in [6.45, 7) is 2.52. The van der Waals surface area contributed by atoms with E-state index in [-0.39, 0.29) is 11.7 Å². The fourth-order valence-electron chi connectivity index (χ4n) is 0.495. The smallest absolute Gasteiger partial charge is 0.131 e. The number of halogens is 1. The zero-order chi connectivity index (χ0) is 9.40. The summed E-state index contributed by atoms with van der Waals surface area (Å²) < 4.78 is 0. The van der Waals surface area contributed by atoms with Gasteiger partial charge in [-0.2, -0.15) is 0 Å². The van der Waals surface area contributed by atoms with Gasteiger partial charge < -0.3 is 10.1 Å². The van der Waals surface area contributed by atoms with E-state index < -0.39 is 5.92 Å². The largest absolute Gasteiger partial charge is 0.335 e. The minimum atomic E-state index is -0.560. The van der Waals surface area contributed by atoms with E-state index in [0.717, 1.165) is 0 Å². The lowest BCUT2D eigenvalue weighted by molar-refractivity contribution is -0.109. The van der Waals surface area contributed by atoms with Crippen LogP contribution in [0.3, 0.4) is 0 Å². The molecule has 0 saturated carbocycles. The number of carbonyl (C=O) groups is 1. The van der Waals surface area contributed by atoms with Gasteiger partial charge in [-0.15, -0.1) is 11.6 Å². The van der Waals surface area contributed by atoms with Gasteiger partial charge in [-0.3, -0.25) is 10.4 Å². The average Bonchev–Trinajstić information content (AvgIpc) is 2.07. The molecule has 0 spiro atoms. The van der Waals surface area contributed by atoms with Crippen LogP contribution in [0.1, 0.15) is 6.92 Å². The molecule has 5 heteroatoms. The molecular formula is C7H12ClN3O. The topological polar surface area (TPSA) is 65.3 Å². The van der Waals surface area contributed by atoms with Gasteiger partial charge in [0.25, 0.3) is 0 Å². The molecule has 0 rings (SSSR count). The Morgan fingerprint density at radius 2 is 2.50 bits per heavy atom. The van der Waals surface area contributed by atoms with Crippen molar-refractivity contribution in [1.29, 1.82) is 5.41 Å². The van der Waals surface area contributed by atoms with E-state index in [4.69, 9.17) is 17.0 Å². The first-order valence-corrected chi connectivity index (χ1v) is 4.14. The van der Waals surface area contributed by atoms with Crippen LogP contribution in [0.2, 0.25) is 0 Å². The second-order valence-electron chi connectivity index (χ2n) is 2.08. The fourth-order valence-corrected chi connectivity index (χ4v) is 0.722. The van der Waals surface area contributed by atoms with Crippen LogP contribution in [-0.4, -0.2) is 30.9 Å². The zero-order valence-corrected chi connectivity index (χ0v) is 7.64. The minimum Gasteiger partial charge on any atom is -0.335 e. The van der Waals surface area contributed by atoms with E-state index in [1.54, 1.807) is 0 Å². The van der Waals surface area contributed by atoms with Gasteiger partial charge in [0.15, 0.2) is 0 Å². The van der Waals surface area contributed by atoms with Crippen LogP contribution in [0, 0.1) is 11.3 Å². The van der Waals surface area contributed by atoms with Crippen molar-refractivity contribution in [2.45, 2.75) is 6.92 Å². The van der Waals surface area contributed by atoms with Crippen LogP contribution in [0.25, 0.3) is 0 Å². The van der Waals surface area contributed by atoms with Gasteiger partial charge in [-0.05, 0) is 6.92 Å². The molecule has 1 unspecified atom stereocenters. The van der Waals surface area contributed by atoms with Gasteiger partial charge in [0.05, 0.1) is 12.3 Å². The van der Waals surface area contributed by atoms with E-state index in [1.807, 2.05) is 6.92 Å². The quantitative estimate of drug-likeness (QED) is 0.289. The molecule has 0 aromatic carbocycles. The number of rotatable bonds is 5. The van der Waals surface area contributed by atoms with E-state index >= 15 is 0 Å². The second-order valence-corrected chi connectivity index (χ2v) is 2.39. The number of carbonyl (C=O) groups excluding carboxylic acids is 1. The van der Waals surface area contributed by atoms with Crippen molar-refractivity contribution in [3.8, 4) is 0 Å². The lowest BCUT2D eigenvalue weighted by atomic mass is 10.2. The van der Waals surface area contributed by atoms with Gasteiger partial charge in [0, 0.05) is 12.4 Å². The summed E-state index contributed by atoms with van der Waals surface area (Å²) in [6.07, 6.45) is 2.04. The molecule has 0 amide bonds. The Hall–Kier alpha value is -0.900. The molecule has 68 valence electrons. The molecule has 0 aromatic rings. The van der Waals surface area contributed by atoms with Crippen molar-refractivity contribution in [2.75, 3.05) is 12.4 Å². The number of hydrogen-bond acceptors (Lipinski definition) is 3. The average molecular weight is 190 g/mol. The highest BCUT2D eigenvalue weighted by Gasteiger charge is 2.10. The molecular weight excluding hydrogens is 178 g/mol. The summed E-state index contributed by atoms with van der Waals surface area (Å²) in [5.74, 6) is -0.359. The Kier molecular flexibility index (Phi) is 6.28. The number of aldehydes is 1. The Labute approximate surface area is 76.5 Å². The summed E-state index contributed by atoms with van der Waals surface area (Å²) in [7, 11) is 0. The lowest BCUT2D eigenvalue weighted by Crippen LogP contribution is -2.30. The lowest BCUT2D eigenvalue weighted by Gasteiger charge is -2.06. The van der Waals surface area contributed by atoms with Gasteiger partial charge in [0.1, 0.15) is 12.1 Å². The maximum atomic E-state index is 10.3. The molecule has 0 aliphatic carbocycles.